The van der Waals surface area contributed by atoms with Crippen molar-refractivity contribution in [1.82, 2.24) is 4.90 Å². The standard InChI is InChI=1S/C14H27N3/c1-3-14(2)8-10-17(11-9-14)13(15)16-12-6-4-5-7-12/h12H,3-11H2,1-2H3,(H2,15,16). The van der Waals surface area contributed by atoms with Gasteiger partial charge < -0.3 is 10.6 Å². The minimum atomic E-state index is 0.509. The lowest BCUT2D eigenvalue weighted by Gasteiger charge is -2.39. The molecule has 1 heterocycles. The lowest BCUT2D eigenvalue weighted by atomic mass is 9.78. The summed E-state index contributed by atoms with van der Waals surface area (Å²) in [5.74, 6) is 0.801. The Morgan fingerprint density at radius 3 is 2.41 bits per heavy atom. The Balaban J connectivity index is 1.87. The molecule has 2 fully saturated rings. The molecule has 0 aromatic heterocycles. The average Bonchev–Trinajstić information content (AvgIpc) is 2.83. The zero-order valence-electron chi connectivity index (χ0n) is 11.4. The van der Waals surface area contributed by atoms with Gasteiger partial charge >= 0.3 is 0 Å². The maximum absolute atomic E-state index is 6.13. The van der Waals surface area contributed by atoms with Crippen LogP contribution in [0.2, 0.25) is 0 Å². The summed E-state index contributed by atoms with van der Waals surface area (Å²) >= 11 is 0. The second-order valence-corrected chi connectivity index (χ2v) is 6.08. The van der Waals surface area contributed by atoms with E-state index in [1.54, 1.807) is 0 Å². The molecule has 1 saturated heterocycles. The third-order valence-corrected chi connectivity index (χ3v) is 4.79. The predicted octanol–water partition coefficient (Wildman–Crippen LogP) is 2.76. The van der Waals surface area contributed by atoms with Gasteiger partial charge in [0.1, 0.15) is 0 Å². The van der Waals surface area contributed by atoms with E-state index in [4.69, 9.17) is 10.7 Å². The Morgan fingerprint density at radius 2 is 1.88 bits per heavy atom. The summed E-state index contributed by atoms with van der Waals surface area (Å²) in [4.78, 5) is 6.98. The van der Waals surface area contributed by atoms with Crippen LogP contribution in [0, 0.1) is 5.41 Å². The lowest BCUT2D eigenvalue weighted by Crippen LogP contribution is -2.45. The van der Waals surface area contributed by atoms with Crippen LogP contribution < -0.4 is 5.73 Å². The van der Waals surface area contributed by atoms with E-state index in [1.807, 2.05) is 0 Å². The van der Waals surface area contributed by atoms with Crippen LogP contribution in [0.4, 0.5) is 0 Å². The lowest BCUT2D eigenvalue weighted by molar-refractivity contribution is 0.161. The SMILES string of the molecule is CCC1(C)CCN(C(N)=NC2CCCC2)CC1. The van der Waals surface area contributed by atoms with Crippen molar-refractivity contribution in [3.63, 3.8) is 0 Å². The predicted molar refractivity (Wildman–Crippen MR) is 73.1 cm³/mol. The number of nitrogens with zero attached hydrogens (tertiary/aromatic N) is 2. The van der Waals surface area contributed by atoms with E-state index in [1.165, 1.54) is 44.9 Å². The third-order valence-electron chi connectivity index (χ3n) is 4.79. The molecule has 3 nitrogen and oxygen atoms in total. The van der Waals surface area contributed by atoms with Crippen molar-refractivity contribution in [3.05, 3.63) is 0 Å². The number of hydrogen-bond acceptors (Lipinski definition) is 1. The molecule has 0 bridgehead atoms. The van der Waals surface area contributed by atoms with Crippen LogP contribution in [0.1, 0.15) is 58.8 Å². The molecular formula is C14H27N3. The smallest absolute Gasteiger partial charge is 0.191 e. The van der Waals surface area contributed by atoms with Crippen molar-refractivity contribution in [2.45, 2.75) is 64.8 Å². The summed E-state index contributed by atoms with van der Waals surface area (Å²) < 4.78 is 0. The summed E-state index contributed by atoms with van der Waals surface area (Å²) in [5.41, 5.74) is 6.67. The summed E-state index contributed by atoms with van der Waals surface area (Å²) in [6.45, 7) is 6.87. The summed E-state index contributed by atoms with van der Waals surface area (Å²) in [7, 11) is 0. The molecule has 2 rings (SSSR count). The monoisotopic (exact) mass is 237 g/mol. The van der Waals surface area contributed by atoms with Gasteiger partial charge in [-0.2, -0.15) is 0 Å². The van der Waals surface area contributed by atoms with E-state index >= 15 is 0 Å². The number of aliphatic imine (C=N–C) groups is 1. The molecule has 1 saturated carbocycles. The van der Waals surface area contributed by atoms with Crippen molar-refractivity contribution >= 4 is 5.96 Å². The normalized spacial score (nSPS) is 26.5. The quantitative estimate of drug-likeness (QED) is 0.592. The summed E-state index contributed by atoms with van der Waals surface area (Å²) in [6.07, 6.45) is 8.92. The van der Waals surface area contributed by atoms with Gasteiger partial charge in [-0.05, 0) is 31.1 Å². The zero-order valence-corrected chi connectivity index (χ0v) is 11.4. The van der Waals surface area contributed by atoms with Gasteiger partial charge in [0.2, 0.25) is 0 Å². The van der Waals surface area contributed by atoms with Crippen LogP contribution in [0.5, 0.6) is 0 Å². The highest BCUT2D eigenvalue weighted by atomic mass is 15.3. The molecule has 0 spiro atoms. The highest BCUT2D eigenvalue weighted by Gasteiger charge is 2.29. The third kappa shape index (κ3) is 3.14. The maximum Gasteiger partial charge on any atom is 0.191 e. The van der Waals surface area contributed by atoms with Crippen LogP contribution in [-0.2, 0) is 0 Å². The molecule has 0 atom stereocenters. The maximum atomic E-state index is 6.13. The number of piperidine rings is 1. The minimum absolute atomic E-state index is 0.509. The van der Waals surface area contributed by atoms with E-state index < -0.39 is 0 Å². The molecule has 1 aliphatic carbocycles. The topological polar surface area (TPSA) is 41.6 Å². The fraction of sp³-hybridized carbons (Fsp3) is 0.929. The van der Waals surface area contributed by atoms with Gasteiger partial charge in [-0.15, -0.1) is 0 Å². The van der Waals surface area contributed by atoms with Crippen LogP contribution in [-0.4, -0.2) is 30.0 Å². The molecule has 0 unspecified atom stereocenters. The van der Waals surface area contributed by atoms with Crippen LogP contribution >= 0.6 is 0 Å². The van der Waals surface area contributed by atoms with Crippen molar-refractivity contribution in [2.24, 2.45) is 16.1 Å². The van der Waals surface area contributed by atoms with Gasteiger partial charge in [-0.25, -0.2) is 4.99 Å². The molecule has 0 aromatic carbocycles. The van der Waals surface area contributed by atoms with Crippen molar-refractivity contribution < 1.29 is 0 Å². The Morgan fingerprint density at radius 1 is 1.29 bits per heavy atom. The van der Waals surface area contributed by atoms with E-state index in [0.717, 1.165) is 19.0 Å². The molecule has 2 aliphatic rings. The molecule has 17 heavy (non-hydrogen) atoms. The van der Waals surface area contributed by atoms with Gasteiger partial charge in [-0.1, -0.05) is 33.1 Å². The van der Waals surface area contributed by atoms with E-state index in [2.05, 4.69) is 18.7 Å². The van der Waals surface area contributed by atoms with Gasteiger partial charge in [0.05, 0.1) is 6.04 Å². The highest BCUT2D eigenvalue weighted by molar-refractivity contribution is 5.78. The van der Waals surface area contributed by atoms with Crippen molar-refractivity contribution in [3.8, 4) is 0 Å². The number of hydrogen-bond donors (Lipinski definition) is 1. The molecule has 0 aromatic rings. The van der Waals surface area contributed by atoms with Crippen molar-refractivity contribution in [1.29, 1.82) is 0 Å². The van der Waals surface area contributed by atoms with Gasteiger partial charge in [0, 0.05) is 13.1 Å². The summed E-state index contributed by atoms with van der Waals surface area (Å²) in [5, 5.41) is 0. The summed E-state index contributed by atoms with van der Waals surface area (Å²) in [6, 6.07) is 0.509. The first-order valence-corrected chi connectivity index (χ1v) is 7.21. The average molecular weight is 237 g/mol. The molecule has 0 radical (unpaired) electrons. The number of likely N-dealkylation sites (tertiary alicyclic amines) is 1. The second-order valence-electron chi connectivity index (χ2n) is 6.08. The zero-order chi connectivity index (χ0) is 12.3. The first-order chi connectivity index (χ1) is 8.13. The van der Waals surface area contributed by atoms with Crippen LogP contribution in [0.15, 0.2) is 4.99 Å². The van der Waals surface area contributed by atoms with Gasteiger partial charge in [-0.3, -0.25) is 0 Å². The van der Waals surface area contributed by atoms with E-state index in [0.29, 0.717) is 11.5 Å². The van der Waals surface area contributed by atoms with Crippen LogP contribution in [0.25, 0.3) is 0 Å². The van der Waals surface area contributed by atoms with Gasteiger partial charge in [0.25, 0.3) is 0 Å². The highest BCUT2D eigenvalue weighted by Crippen LogP contribution is 2.33. The fourth-order valence-corrected chi connectivity index (χ4v) is 2.93. The molecule has 2 N–H and O–H groups in total. The Labute approximate surface area is 105 Å². The number of nitrogens with two attached hydrogens (primary N) is 1. The molecule has 0 amide bonds. The number of rotatable bonds is 2. The van der Waals surface area contributed by atoms with Gasteiger partial charge in [0.15, 0.2) is 5.96 Å². The van der Waals surface area contributed by atoms with E-state index in [9.17, 15) is 0 Å². The van der Waals surface area contributed by atoms with Crippen LogP contribution in [0.3, 0.4) is 0 Å². The first kappa shape index (κ1) is 12.7. The largest absolute Gasteiger partial charge is 0.370 e. The molecule has 98 valence electrons. The van der Waals surface area contributed by atoms with E-state index in [-0.39, 0.29) is 0 Å². The number of guanidine groups is 1. The Kier molecular flexibility index (Phi) is 3.95. The fourth-order valence-electron chi connectivity index (χ4n) is 2.93. The molecule has 3 heteroatoms. The van der Waals surface area contributed by atoms with Crippen molar-refractivity contribution in [2.75, 3.05) is 13.1 Å². The first-order valence-electron chi connectivity index (χ1n) is 7.21. The minimum Gasteiger partial charge on any atom is -0.370 e. The molecular weight excluding hydrogens is 210 g/mol. The molecule has 1 aliphatic heterocycles. The Bertz CT molecular complexity index is 271. The second kappa shape index (κ2) is 5.28. The Hall–Kier alpha value is -0.730.